The van der Waals surface area contributed by atoms with E-state index in [9.17, 15) is 9.18 Å². The maximum absolute atomic E-state index is 13.3. The molecule has 0 saturated heterocycles. The van der Waals surface area contributed by atoms with Crippen molar-refractivity contribution in [2.75, 3.05) is 0 Å². The maximum atomic E-state index is 13.3. The fourth-order valence-corrected chi connectivity index (χ4v) is 1.93. The molecule has 0 aromatic heterocycles. The van der Waals surface area contributed by atoms with Crippen LogP contribution in [0, 0.1) is 5.82 Å². The molecule has 1 aliphatic rings. The summed E-state index contributed by atoms with van der Waals surface area (Å²) in [5.41, 5.74) is 6.64. The summed E-state index contributed by atoms with van der Waals surface area (Å²) in [5, 5.41) is 8.73. The van der Waals surface area contributed by atoms with Gasteiger partial charge in [-0.15, -0.1) is 0 Å². The van der Waals surface area contributed by atoms with Gasteiger partial charge >= 0.3 is 5.97 Å². The average Bonchev–Trinajstić information content (AvgIpc) is 2.62. The average molecular weight is 257 g/mol. The number of hydrogen-bond acceptors (Lipinski definition) is 3. The van der Waals surface area contributed by atoms with Crippen LogP contribution in [-0.2, 0) is 4.79 Å². The Morgan fingerprint density at radius 2 is 2.35 bits per heavy atom. The van der Waals surface area contributed by atoms with Crippen LogP contribution in [0.3, 0.4) is 0 Å². The van der Waals surface area contributed by atoms with Crippen LogP contribution in [0.5, 0.6) is 0 Å². The van der Waals surface area contributed by atoms with E-state index in [1.807, 2.05) is 0 Å². The summed E-state index contributed by atoms with van der Waals surface area (Å²) in [7, 11) is 0. The van der Waals surface area contributed by atoms with E-state index in [-0.39, 0.29) is 17.4 Å². The van der Waals surface area contributed by atoms with E-state index in [0.717, 1.165) is 0 Å². The second-order valence-corrected chi connectivity index (χ2v) is 4.30. The predicted octanol–water partition coefficient (Wildman–Crippen LogP) is 2.08. The van der Waals surface area contributed by atoms with E-state index >= 15 is 0 Å². The van der Waals surface area contributed by atoms with E-state index in [1.165, 1.54) is 12.1 Å². The summed E-state index contributed by atoms with van der Waals surface area (Å²) < 4.78 is 13.3. The second kappa shape index (κ2) is 4.43. The fraction of sp³-hybridized carbons (Fsp3) is 0.273. The number of hydrogen-bond donors (Lipinski definition) is 2. The summed E-state index contributed by atoms with van der Waals surface area (Å²) in [6, 6.07) is 1.72. The first-order chi connectivity index (χ1) is 7.99. The van der Waals surface area contributed by atoms with Gasteiger partial charge in [0.05, 0.1) is 10.7 Å². The topological polar surface area (TPSA) is 75.7 Å². The molecule has 1 aromatic rings. The molecule has 0 fully saturated rings. The minimum Gasteiger partial charge on any atom is -0.480 e. The number of fused-ring (bicyclic) bond motifs is 1. The summed E-state index contributed by atoms with van der Waals surface area (Å²) in [5.74, 6) is -1.89. The quantitative estimate of drug-likeness (QED) is 0.869. The Morgan fingerprint density at radius 1 is 1.65 bits per heavy atom. The molecule has 0 radical (unpaired) electrons. The number of rotatable bonds is 3. The summed E-state index contributed by atoms with van der Waals surface area (Å²) in [6.45, 7) is 0. The molecule has 90 valence electrons. The Bertz CT molecular complexity index is 504. The van der Waals surface area contributed by atoms with E-state index in [2.05, 4.69) is 4.99 Å². The van der Waals surface area contributed by atoms with Crippen LogP contribution in [0.15, 0.2) is 17.1 Å². The Morgan fingerprint density at radius 3 is 3.00 bits per heavy atom. The van der Waals surface area contributed by atoms with Crippen molar-refractivity contribution < 1.29 is 14.3 Å². The maximum Gasteiger partial charge on any atom is 0.320 e. The third kappa shape index (κ3) is 2.30. The molecule has 0 saturated carbocycles. The standard InChI is InChI=1S/C11H10ClFN2O2/c12-7-3-10-6(2-8(7)13)5(4-15-10)1-9(14)11(16)17/h2-5,9H,1,14H2,(H,16,17). The molecule has 2 unspecified atom stereocenters. The monoisotopic (exact) mass is 256 g/mol. The number of halogens is 2. The van der Waals surface area contributed by atoms with Gasteiger partial charge in [-0.25, -0.2) is 4.39 Å². The number of nitrogens with zero attached hydrogens (tertiary/aromatic N) is 1. The smallest absolute Gasteiger partial charge is 0.320 e. The highest BCUT2D eigenvalue weighted by molar-refractivity contribution is 6.31. The van der Waals surface area contributed by atoms with Crippen molar-refractivity contribution in [3.8, 4) is 0 Å². The highest BCUT2D eigenvalue weighted by atomic mass is 35.5. The van der Waals surface area contributed by atoms with Crippen molar-refractivity contribution in [2.24, 2.45) is 10.7 Å². The Hall–Kier alpha value is -1.46. The Kier molecular flexibility index (Phi) is 3.13. The van der Waals surface area contributed by atoms with Crippen LogP contribution in [0.4, 0.5) is 10.1 Å². The molecular formula is C11H10ClFN2O2. The number of carbonyl (C=O) groups is 1. The van der Waals surface area contributed by atoms with Gasteiger partial charge in [0.15, 0.2) is 0 Å². The van der Waals surface area contributed by atoms with Crippen LogP contribution in [0.25, 0.3) is 0 Å². The normalized spacial score (nSPS) is 19.1. The molecule has 0 spiro atoms. The van der Waals surface area contributed by atoms with Gasteiger partial charge < -0.3 is 10.8 Å². The van der Waals surface area contributed by atoms with E-state index in [1.54, 1.807) is 6.21 Å². The highest BCUT2D eigenvalue weighted by Crippen LogP contribution is 2.37. The number of aliphatic imine (C=N–C) groups is 1. The Balaban J connectivity index is 2.25. The molecular weight excluding hydrogens is 247 g/mol. The molecule has 0 bridgehead atoms. The van der Waals surface area contributed by atoms with Crippen LogP contribution in [0.2, 0.25) is 5.02 Å². The number of aliphatic carboxylic acids is 1. The summed E-state index contributed by atoms with van der Waals surface area (Å²) in [6.07, 6.45) is 1.76. The van der Waals surface area contributed by atoms with Gasteiger partial charge in [-0.2, -0.15) is 0 Å². The second-order valence-electron chi connectivity index (χ2n) is 3.89. The van der Waals surface area contributed by atoms with Crippen molar-refractivity contribution in [3.05, 3.63) is 28.5 Å². The highest BCUT2D eigenvalue weighted by Gasteiger charge is 2.25. The number of carboxylic acids is 1. The minimum absolute atomic E-state index is 0.00378. The first-order valence-electron chi connectivity index (χ1n) is 5.00. The molecule has 3 N–H and O–H groups in total. The third-order valence-electron chi connectivity index (χ3n) is 2.69. The van der Waals surface area contributed by atoms with Gasteiger partial charge in [-0.05, 0) is 24.1 Å². The number of benzene rings is 1. The summed E-state index contributed by atoms with van der Waals surface area (Å²) in [4.78, 5) is 14.7. The van der Waals surface area contributed by atoms with Gasteiger partial charge in [-0.1, -0.05) is 11.6 Å². The summed E-state index contributed by atoms with van der Waals surface area (Å²) >= 11 is 5.63. The number of nitrogens with two attached hydrogens (primary N) is 1. The van der Waals surface area contributed by atoms with Crippen molar-refractivity contribution in [1.82, 2.24) is 0 Å². The van der Waals surface area contributed by atoms with Gasteiger partial charge in [0, 0.05) is 12.1 Å². The first kappa shape index (κ1) is 12.0. The molecule has 2 rings (SSSR count). The van der Waals surface area contributed by atoms with Gasteiger partial charge in [0.1, 0.15) is 11.9 Å². The zero-order valence-corrected chi connectivity index (χ0v) is 9.49. The lowest BCUT2D eigenvalue weighted by Crippen LogP contribution is -2.31. The van der Waals surface area contributed by atoms with Crippen molar-refractivity contribution >= 4 is 29.5 Å². The largest absolute Gasteiger partial charge is 0.480 e. The predicted molar refractivity (Wildman–Crippen MR) is 62.5 cm³/mol. The van der Waals surface area contributed by atoms with E-state index < -0.39 is 17.8 Å². The van der Waals surface area contributed by atoms with Gasteiger partial charge in [0.25, 0.3) is 0 Å². The molecule has 0 aliphatic carbocycles. The van der Waals surface area contributed by atoms with E-state index in [0.29, 0.717) is 11.3 Å². The van der Waals surface area contributed by atoms with Gasteiger partial charge in [-0.3, -0.25) is 9.79 Å². The Labute approximate surface area is 102 Å². The lowest BCUT2D eigenvalue weighted by atomic mass is 9.94. The number of carboxylic acid groups (broad SMARTS) is 1. The SMILES string of the molecule is NC(CC1C=Nc2cc(Cl)c(F)cc21)C(=O)O. The van der Waals surface area contributed by atoms with Crippen LogP contribution in [0.1, 0.15) is 17.9 Å². The minimum atomic E-state index is -1.08. The lowest BCUT2D eigenvalue weighted by molar-refractivity contribution is -0.138. The molecule has 2 atom stereocenters. The molecule has 1 aromatic carbocycles. The first-order valence-corrected chi connectivity index (χ1v) is 5.38. The van der Waals surface area contributed by atoms with Crippen LogP contribution >= 0.6 is 11.6 Å². The van der Waals surface area contributed by atoms with Crippen molar-refractivity contribution in [1.29, 1.82) is 0 Å². The molecule has 1 aliphatic heterocycles. The van der Waals surface area contributed by atoms with Crippen LogP contribution in [-0.4, -0.2) is 23.3 Å². The third-order valence-corrected chi connectivity index (χ3v) is 2.98. The van der Waals surface area contributed by atoms with Crippen molar-refractivity contribution in [3.63, 3.8) is 0 Å². The van der Waals surface area contributed by atoms with Gasteiger partial charge in [0.2, 0.25) is 0 Å². The zero-order valence-electron chi connectivity index (χ0n) is 8.73. The van der Waals surface area contributed by atoms with Crippen LogP contribution < -0.4 is 5.73 Å². The lowest BCUT2D eigenvalue weighted by Gasteiger charge is -2.12. The fourth-order valence-electron chi connectivity index (χ4n) is 1.77. The molecule has 17 heavy (non-hydrogen) atoms. The molecule has 1 heterocycles. The molecule has 6 heteroatoms. The molecule has 0 amide bonds. The molecule has 4 nitrogen and oxygen atoms in total. The van der Waals surface area contributed by atoms with E-state index in [4.69, 9.17) is 22.4 Å². The zero-order chi connectivity index (χ0) is 12.6. The van der Waals surface area contributed by atoms with Crippen molar-refractivity contribution in [2.45, 2.75) is 18.4 Å².